The van der Waals surface area contributed by atoms with Crippen LogP contribution in [-0.2, 0) is 17.8 Å². The number of nitrogens with zero attached hydrogens (tertiary/aromatic N) is 1. The van der Waals surface area contributed by atoms with E-state index in [4.69, 9.17) is 16.3 Å². The molecule has 0 radical (unpaired) electrons. The van der Waals surface area contributed by atoms with E-state index in [0.29, 0.717) is 41.6 Å². The minimum absolute atomic E-state index is 0.157. The van der Waals surface area contributed by atoms with Crippen molar-refractivity contribution in [2.75, 3.05) is 6.61 Å². The highest BCUT2D eigenvalue weighted by atomic mass is 79.9. The maximum absolute atomic E-state index is 12.0. The molecule has 4 nitrogen and oxygen atoms in total. The Labute approximate surface area is 122 Å². The van der Waals surface area contributed by atoms with E-state index in [1.807, 2.05) is 12.1 Å². The standard InChI is InChI=1S/C13H10BrClN2O2/c14-7-1-2-10(15)8(5-7)12-16-11-3-4-19-6-9(11)13(18)17-12/h1-2,5H,3-4,6H2,(H,16,17,18). The first-order valence-corrected chi connectivity index (χ1v) is 6.97. The van der Waals surface area contributed by atoms with Crippen LogP contribution in [0.5, 0.6) is 0 Å². The number of rotatable bonds is 1. The molecule has 19 heavy (non-hydrogen) atoms. The highest BCUT2D eigenvalue weighted by molar-refractivity contribution is 9.10. The number of hydrogen-bond acceptors (Lipinski definition) is 3. The van der Waals surface area contributed by atoms with Crippen LogP contribution < -0.4 is 5.56 Å². The molecular formula is C13H10BrClN2O2. The molecule has 1 aromatic heterocycles. The van der Waals surface area contributed by atoms with Gasteiger partial charge >= 0.3 is 0 Å². The summed E-state index contributed by atoms with van der Waals surface area (Å²) in [5, 5.41) is 0.554. The molecule has 1 aliphatic rings. The monoisotopic (exact) mass is 340 g/mol. The fraction of sp³-hybridized carbons (Fsp3) is 0.231. The molecule has 0 bridgehead atoms. The lowest BCUT2D eigenvalue weighted by Gasteiger charge is -2.15. The van der Waals surface area contributed by atoms with Crippen molar-refractivity contribution in [1.82, 2.24) is 9.97 Å². The van der Waals surface area contributed by atoms with Crippen molar-refractivity contribution in [3.8, 4) is 11.4 Å². The second-order valence-electron chi connectivity index (χ2n) is 4.27. The average molecular weight is 342 g/mol. The first-order chi connectivity index (χ1) is 9.15. The molecule has 1 aromatic carbocycles. The molecule has 0 spiro atoms. The van der Waals surface area contributed by atoms with Gasteiger partial charge in [-0.15, -0.1) is 0 Å². The zero-order valence-electron chi connectivity index (χ0n) is 9.87. The van der Waals surface area contributed by atoms with Gasteiger partial charge < -0.3 is 9.72 Å². The first-order valence-electron chi connectivity index (χ1n) is 5.80. The highest BCUT2D eigenvalue weighted by Gasteiger charge is 2.17. The number of fused-ring (bicyclic) bond motifs is 1. The molecule has 0 atom stereocenters. The van der Waals surface area contributed by atoms with E-state index in [1.165, 1.54) is 0 Å². The molecule has 6 heteroatoms. The van der Waals surface area contributed by atoms with E-state index in [1.54, 1.807) is 6.07 Å². The van der Waals surface area contributed by atoms with E-state index >= 15 is 0 Å². The molecule has 98 valence electrons. The third-order valence-corrected chi connectivity index (χ3v) is 3.84. The van der Waals surface area contributed by atoms with Gasteiger partial charge in [-0.2, -0.15) is 0 Å². The second kappa shape index (κ2) is 5.07. The zero-order valence-corrected chi connectivity index (χ0v) is 12.2. The Bertz CT molecular complexity index is 700. The van der Waals surface area contributed by atoms with Gasteiger partial charge in [-0.1, -0.05) is 27.5 Å². The molecule has 1 aliphatic heterocycles. The summed E-state index contributed by atoms with van der Waals surface area (Å²) in [6.45, 7) is 0.916. The second-order valence-corrected chi connectivity index (χ2v) is 5.59. The van der Waals surface area contributed by atoms with Gasteiger partial charge in [0.05, 0.1) is 29.5 Å². The van der Waals surface area contributed by atoms with Crippen LogP contribution in [-0.4, -0.2) is 16.6 Å². The van der Waals surface area contributed by atoms with Gasteiger partial charge in [0.1, 0.15) is 5.82 Å². The minimum Gasteiger partial charge on any atom is -0.376 e. The van der Waals surface area contributed by atoms with E-state index in [-0.39, 0.29) is 5.56 Å². The fourth-order valence-corrected chi connectivity index (χ4v) is 2.62. The van der Waals surface area contributed by atoms with E-state index in [9.17, 15) is 4.79 Å². The lowest BCUT2D eigenvalue weighted by atomic mass is 10.1. The first kappa shape index (κ1) is 12.8. The Kier molecular flexibility index (Phi) is 3.43. The molecule has 0 saturated heterocycles. The number of hydrogen-bond donors (Lipinski definition) is 1. The van der Waals surface area contributed by atoms with Crippen LogP contribution in [0.4, 0.5) is 0 Å². The molecule has 0 unspecified atom stereocenters. The van der Waals surface area contributed by atoms with Gasteiger partial charge in [-0.05, 0) is 18.2 Å². The number of H-pyrrole nitrogens is 1. The maximum Gasteiger partial charge on any atom is 0.256 e. The van der Waals surface area contributed by atoms with Gasteiger partial charge in [0, 0.05) is 16.5 Å². The van der Waals surface area contributed by atoms with Crippen LogP contribution in [0.3, 0.4) is 0 Å². The largest absolute Gasteiger partial charge is 0.376 e. The molecule has 0 saturated carbocycles. The number of aromatic nitrogens is 2. The molecule has 0 fully saturated rings. The van der Waals surface area contributed by atoms with Crippen molar-refractivity contribution in [3.63, 3.8) is 0 Å². The summed E-state index contributed by atoms with van der Waals surface area (Å²) in [6.07, 6.45) is 0.651. The quantitative estimate of drug-likeness (QED) is 0.867. The lowest BCUT2D eigenvalue weighted by Crippen LogP contribution is -2.24. The van der Waals surface area contributed by atoms with Gasteiger partial charge in [-0.3, -0.25) is 4.79 Å². The van der Waals surface area contributed by atoms with Crippen molar-refractivity contribution in [2.24, 2.45) is 0 Å². The highest BCUT2D eigenvalue weighted by Crippen LogP contribution is 2.28. The Morgan fingerprint density at radius 2 is 2.26 bits per heavy atom. The Morgan fingerprint density at radius 3 is 3.11 bits per heavy atom. The molecule has 2 aromatic rings. The van der Waals surface area contributed by atoms with Crippen molar-refractivity contribution in [1.29, 1.82) is 0 Å². The number of ether oxygens (including phenoxy) is 1. The lowest BCUT2D eigenvalue weighted by molar-refractivity contribution is 0.108. The van der Waals surface area contributed by atoms with Crippen molar-refractivity contribution in [2.45, 2.75) is 13.0 Å². The molecule has 0 amide bonds. The van der Waals surface area contributed by atoms with Gasteiger partial charge in [-0.25, -0.2) is 4.98 Å². The SMILES string of the molecule is O=c1[nH]c(-c2cc(Br)ccc2Cl)nc2c1COCC2. The van der Waals surface area contributed by atoms with E-state index < -0.39 is 0 Å². The Hall–Kier alpha value is -1.17. The summed E-state index contributed by atoms with van der Waals surface area (Å²) in [5.74, 6) is 0.497. The normalized spacial score (nSPS) is 14.2. The summed E-state index contributed by atoms with van der Waals surface area (Å²) in [7, 11) is 0. The number of aromatic amines is 1. The van der Waals surface area contributed by atoms with Gasteiger partial charge in [0.15, 0.2) is 0 Å². The van der Waals surface area contributed by atoms with Crippen LogP contribution in [0.2, 0.25) is 5.02 Å². The average Bonchev–Trinajstić information content (AvgIpc) is 2.41. The molecule has 0 aliphatic carbocycles. The third kappa shape index (κ3) is 2.45. The fourth-order valence-electron chi connectivity index (χ4n) is 2.05. The van der Waals surface area contributed by atoms with Crippen molar-refractivity contribution < 1.29 is 4.74 Å². The molecular weight excluding hydrogens is 332 g/mol. The summed E-state index contributed by atoms with van der Waals surface area (Å²) in [5.41, 5.74) is 1.96. The van der Waals surface area contributed by atoms with E-state index in [2.05, 4.69) is 25.9 Å². The molecule has 1 N–H and O–H groups in total. The third-order valence-electron chi connectivity index (χ3n) is 3.01. The van der Waals surface area contributed by atoms with Crippen LogP contribution in [0, 0.1) is 0 Å². The van der Waals surface area contributed by atoms with Crippen LogP contribution in [0.25, 0.3) is 11.4 Å². The van der Waals surface area contributed by atoms with E-state index in [0.717, 1.165) is 10.2 Å². The van der Waals surface area contributed by atoms with Crippen molar-refractivity contribution in [3.05, 3.63) is 49.3 Å². The topological polar surface area (TPSA) is 55.0 Å². The van der Waals surface area contributed by atoms with Crippen LogP contribution in [0.15, 0.2) is 27.5 Å². The molecule has 2 heterocycles. The smallest absolute Gasteiger partial charge is 0.256 e. The van der Waals surface area contributed by atoms with Crippen molar-refractivity contribution >= 4 is 27.5 Å². The zero-order chi connectivity index (χ0) is 13.4. The number of nitrogens with one attached hydrogen (secondary N) is 1. The number of benzene rings is 1. The van der Waals surface area contributed by atoms with Crippen LogP contribution >= 0.6 is 27.5 Å². The Balaban J connectivity index is 2.18. The van der Waals surface area contributed by atoms with Gasteiger partial charge in [0.2, 0.25) is 0 Å². The van der Waals surface area contributed by atoms with Crippen LogP contribution in [0.1, 0.15) is 11.3 Å². The summed E-state index contributed by atoms with van der Waals surface area (Å²) in [6, 6.07) is 5.45. The maximum atomic E-state index is 12.0. The number of halogens is 2. The van der Waals surface area contributed by atoms with Gasteiger partial charge in [0.25, 0.3) is 5.56 Å². The summed E-state index contributed by atoms with van der Waals surface area (Å²) < 4.78 is 6.16. The summed E-state index contributed by atoms with van der Waals surface area (Å²) in [4.78, 5) is 19.3. The predicted octanol–water partition coefficient (Wildman–Crippen LogP) is 2.93. The predicted molar refractivity (Wildman–Crippen MR) is 76.4 cm³/mol. The molecule has 3 rings (SSSR count). The minimum atomic E-state index is -0.157. The Morgan fingerprint density at radius 1 is 1.42 bits per heavy atom. The summed E-state index contributed by atoms with van der Waals surface area (Å²) >= 11 is 9.55.